The van der Waals surface area contributed by atoms with Gasteiger partial charge in [-0.1, -0.05) is 0 Å². The Morgan fingerprint density at radius 2 is 2.14 bits per heavy atom. The summed E-state index contributed by atoms with van der Waals surface area (Å²) in [5.74, 6) is 0.846. The van der Waals surface area contributed by atoms with Crippen molar-refractivity contribution in [2.24, 2.45) is 0 Å². The maximum Gasteiger partial charge on any atom is 0.338 e. The topological polar surface area (TPSA) is 80.9 Å². The lowest BCUT2D eigenvalue weighted by Gasteiger charge is -2.11. The molecule has 0 unspecified atom stereocenters. The highest BCUT2D eigenvalue weighted by Crippen LogP contribution is 2.30. The average Bonchev–Trinajstić information content (AvgIpc) is 2.95. The number of carbonyl (C=O) groups is 1. The number of hydrogen-bond donors (Lipinski definition) is 2. The van der Waals surface area contributed by atoms with Crippen molar-refractivity contribution in [2.45, 2.75) is 13.5 Å². The fourth-order valence-electron chi connectivity index (χ4n) is 1.83. The second-order valence-corrected chi connectivity index (χ2v) is 4.26. The molecule has 0 saturated carbocycles. The minimum absolute atomic E-state index is 0.136. The number of furan rings is 1. The van der Waals surface area contributed by atoms with Crippen molar-refractivity contribution in [3.8, 4) is 11.5 Å². The van der Waals surface area contributed by atoms with E-state index in [1.165, 1.54) is 12.3 Å². The van der Waals surface area contributed by atoms with Gasteiger partial charge in [0.1, 0.15) is 12.0 Å². The monoisotopic (exact) mass is 291 g/mol. The van der Waals surface area contributed by atoms with E-state index < -0.39 is 5.97 Å². The van der Waals surface area contributed by atoms with E-state index in [-0.39, 0.29) is 5.56 Å². The largest absolute Gasteiger partial charge is 0.493 e. The molecule has 0 amide bonds. The van der Waals surface area contributed by atoms with Gasteiger partial charge in [0.15, 0.2) is 11.5 Å². The van der Waals surface area contributed by atoms with Gasteiger partial charge >= 0.3 is 5.97 Å². The maximum atomic E-state index is 10.8. The third-order valence-electron chi connectivity index (χ3n) is 2.83. The Labute approximate surface area is 122 Å². The second kappa shape index (κ2) is 6.69. The number of anilines is 1. The first-order valence-electron chi connectivity index (χ1n) is 6.49. The Morgan fingerprint density at radius 3 is 2.76 bits per heavy atom. The SMILES string of the molecule is CCOc1cc(NCc2cc(C(=O)O)co2)ccc1OC. The lowest BCUT2D eigenvalue weighted by atomic mass is 10.2. The van der Waals surface area contributed by atoms with Gasteiger partial charge in [0.25, 0.3) is 0 Å². The van der Waals surface area contributed by atoms with E-state index >= 15 is 0 Å². The molecule has 0 atom stereocenters. The van der Waals surface area contributed by atoms with Crippen LogP contribution in [0.5, 0.6) is 11.5 Å². The molecule has 0 bridgehead atoms. The minimum atomic E-state index is -1.01. The molecule has 2 N–H and O–H groups in total. The van der Waals surface area contributed by atoms with Gasteiger partial charge in [0.05, 0.1) is 25.8 Å². The molecule has 0 spiro atoms. The molecule has 1 heterocycles. The molecule has 6 nitrogen and oxygen atoms in total. The summed E-state index contributed by atoms with van der Waals surface area (Å²) >= 11 is 0. The van der Waals surface area contributed by atoms with E-state index in [0.717, 1.165) is 5.69 Å². The highest BCUT2D eigenvalue weighted by atomic mass is 16.5. The van der Waals surface area contributed by atoms with Crippen LogP contribution in [0, 0.1) is 0 Å². The zero-order chi connectivity index (χ0) is 15.2. The molecule has 0 aliphatic carbocycles. The predicted molar refractivity (Wildman–Crippen MR) is 77.2 cm³/mol. The summed E-state index contributed by atoms with van der Waals surface area (Å²) in [7, 11) is 1.58. The summed E-state index contributed by atoms with van der Waals surface area (Å²) < 4.78 is 15.9. The van der Waals surface area contributed by atoms with Crippen molar-refractivity contribution < 1.29 is 23.8 Å². The van der Waals surface area contributed by atoms with Crippen LogP contribution in [0.15, 0.2) is 34.9 Å². The van der Waals surface area contributed by atoms with Gasteiger partial charge in [-0.15, -0.1) is 0 Å². The van der Waals surface area contributed by atoms with Crippen molar-refractivity contribution >= 4 is 11.7 Å². The van der Waals surface area contributed by atoms with Crippen molar-refractivity contribution in [3.05, 3.63) is 41.9 Å². The Bertz CT molecular complexity index is 620. The summed E-state index contributed by atoms with van der Waals surface area (Å²) in [4.78, 5) is 10.8. The first-order valence-corrected chi connectivity index (χ1v) is 6.49. The molecule has 0 fully saturated rings. The van der Waals surface area contributed by atoms with E-state index in [2.05, 4.69) is 5.32 Å². The number of carboxylic acid groups (broad SMARTS) is 1. The Morgan fingerprint density at radius 1 is 1.33 bits per heavy atom. The summed E-state index contributed by atoms with van der Waals surface area (Å²) in [6.45, 7) is 2.82. The lowest BCUT2D eigenvalue weighted by molar-refractivity contribution is 0.0696. The van der Waals surface area contributed by atoms with Crippen LogP contribution in [0.4, 0.5) is 5.69 Å². The average molecular weight is 291 g/mol. The maximum absolute atomic E-state index is 10.8. The number of ether oxygens (including phenoxy) is 2. The quantitative estimate of drug-likeness (QED) is 0.816. The lowest BCUT2D eigenvalue weighted by Crippen LogP contribution is -2.01. The smallest absolute Gasteiger partial charge is 0.338 e. The summed E-state index contributed by atoms with van der Waals surface area (Å²) in [5.41, 5.74) is 0.962. The van der Waals surface area contributed by atoms with Crippen molar-refractivity contribution in [1.82, 2.24) is 0 Å². The van der Waals surface area contributed by atoms with Crippen LogP contribution in [-0.4, -0.2) is 24.8 Å². The number of hydrogen-bond acceptors (Lipinski definition) is 5. The van der Waals surface area contributed by atoms with Crippen LogP contribution < -0.4 is 14.8 Å². The van der Waals surface area contributed by atoms with E-state index in [1.807, 2.05) is 19.1 Å². The molecule has 112 valence electrons. The van der Waals surface area contributed by atoms with Crippen molar-refractivity contribution in [1.29, 1.82) is 0 Å². The molecule has 6 heteroatoms. The van der Waals surface area contributed by atoms with Crippen molar-refractivity contribution in [2.75, 3.05) is 19.0 Å². The minimum Gasteiger partial charge on any atom is -0.493 e. The van der Waals surface area contributed by atoms with Crippen LogP contribution in [0.2, 0.25) is 0 Å². The van der Waals surface area contributed by atoms with Gasteiger partial charge in [0.2, 0.25) is 0 Å². The van der Waals surface area contributed by atoms with Crippen LogP contribution in [0.25, 0.3) is 0 Å². The first-order chi connectivity index (χ1) is 10.1. The molecular weight excluding hydrogens is 274 g/mol. The van der Waals surface area contributed by atoms with Crippen molar-refractivity contribution in [3.63, 3.8) is 0 Å². The first kappa shape index (κ1) is 14.8. The molecule has 2 aromatic rings. The second-order valence-electron chi connectivity index (χ2n) is 4.26. The van der Waals surface area contributed by atoms with Gasteiger partial charge in [-0.3, -0.25) is 0 Å². The van der Waals surface area contributed by atoms with Crippen LogP contribution >= 0.6 is 0 Å². The Kier molecular flexibility index (Phi) is 4.71. The van der Waals surface area contributed by atoms with Gasteiger partial charge < -0.3 is 24.3 Å². The third-order valence-corrected chi connectivity index (χ3v) is 2.83. The van der Waals surface area contributed by atoms with E-state index in [0.29, 0.717) is 30.4 Å². The van der Waals surface area contributed by atoms with Gasteiger partial charge in [0, 0.05) is 11.8 Å². The molecule has 1 aromatic heterocycles. The molecule has 21 heavy (non-hydrogen) atoms. The molecule has 2 rings (SSSR count). The summed E-state index contributed by atoms with van der Waals surface area (Å²) in [5, 5.41) is 12.0. The molecule has 0 aliphatic heterocycles. The summed E-state index contributed by atoms with van der Waals surface area (Å²) in [6.07, 6.45) is 1.22. The van der Waals surface area contributed by atoms with E-state index in [4.69, 9.17) is 19.0 Å². The highest BCUT2D eigenvalue weighted by molar-refractivity contribution is 5.87. The van der Waals surface area contributed by atoms with Crippen LogP contribution in [-0.2, 0) is 6.54 Å². The number of carboxylic acids is 1. The fraction of sp³-hybridized carbons (Fsp3) is 0.267. The molecule has 0 radical (unpaired) electrons. The third kappa shape index (κ3) is 3.68. The fourth-order valence-corrected chi connectivity index (χ4v) is 1.83. The van der Waals surface area contributed by atoms with E-state index in [9.17, 15) is 4.79 Å². The highest BCUT2D eigenvalue weighted by Gasteiger charge is 2.09. The Balaban J connectivity index is 2.05. The van der Waals surface area contributed by atoms with Crippen LogP contribution in [0.1, 0.15) is 23.0 Å². The molecule has 1 aromatic carbocycles. The Hall–Kier alpha value is -2.63. The molecule has 0 aliphatic rings. The standard InChI is InChI=1S/C15H17NO5/c1-3-20-14-7-11(4-5-13(14)19-2)16-8-12-6-10(9-21-12)15(17)18/h4-7,9,16H,3,8H2,1-2H3,(H,17,18). The van der Waals surface area contributed by atoms with Crippen LogP contribution in [0.3, 0.4) is 0 Å². The number of benzene rings is 1. The zero-order valence-electron chi connectivity index (χ0n) is 11.9. The van der Waals surface area contributed by atoms with Gasteiger partial charge in [-0.25, -0.2) is 4.79 Å². The molecule has 0 saturated heterocycles. The predicted octanol–water partition coefficient (Wildman–Crippen LogP) is 3.00. The number of aromatic carboxylic acids is 1. The normalized spacial score (nSPS) is 10.2. The number of nitrogens with one attached hydrogen (secondary N) is 1. The zero-order valence-corrected chi connectivity index (χ0v) is 11.9. The van der Waals surface area contributed by atoms with Gasteiger partial charge in [-0.2, -0.15) is 0 Å². The number of rotatable bonds is 7. The number of methoxy groups -OCH3 is 1. The summed E-state index contributed by atoms with van der Waals surface area (Å²) in [6, 6.07) is 6.96. The molecular formula is C15H17NO5. The van der Waals surface area contributed by atoms with E-state index in [1.54, 1.807) is 13.2 Å². The van der Waals surface area contributed by atoms with Gasteiger partial charge in [-0.05, 0) is 25.1 Å².